The number of terminal acetylenes is 1. The van der Waals surface area contributed by atoms with Crippen molar-refractivity contribution >= 4 is 5.78 Å². The molecule has 50 valence electrons. The van der Waals surface area contributed by atoms with E-state index in [2.05, 4.69) is 41.4 Å². The highest BCUT2D eigenvalue weighted by Crippen LogP contribution is 1.60. The molecule has 0 bridgehead atoms. The van der Waals surface area contributed by atoms with Gasteiger partial charge in [0, 0.05) is 6.92 Å². The summed E-state index contributed by atoms with van der Waals surface area (Å²) in [7, 11) is 0. The Morgan fingerprint density at radius 1 is 1.09 bits per heavy atom. The van der Waals surface area contributed by atoms with E-state index in [9.17, 15) is 4.79 Å². The zero-order valence-corrected chi connectivity index (χ0v) is 5.99. The molecule has 11 heavy (non-hydrogen) atoms. The van der Waals surface area contributed by atoms with E-state index in [1.165, 1.54) is 6.92 Å². The molecular formula is C10H4O. The highest BCUT2D eigenvalue weighted by atomic mass is 16.1. The van der Waals surface area contributed by atoms with Crippen LogP contribution in [0.4, 0.5) is 0 Å². The predicted octanol–water partition coefficient (Wildman–Crippen LogP) is 0.219. The largest absolute Gasteiger partial charge is 0.285 e. The van der Waals surface area contributed by atoms with Gasteiger partial charge in [0.1, 0.15) is 0 Å². The summed E-state index contributed by atoms with van der Waals surface area (Å²) in [6.45, 7) is 1.36. The second-order valence-electron chi connectivity index (χ2n) is 1.45. The summed E-state index contributed by atoms with van der Waals surface area (Å²) >= 11 is 0. The lowest BCUT2D eigenvalue weighted by Gasteiger charge is -1.62. The van der Waals surface area contributed by atoms with Gasteiger partial charge in [-0.1, -0.05) is 0 Å². The van der Waals surface area contributed by atoms with Gasteiger partial charge in [-0.25, -0.2) is 0 Å². The third kappa shape index (κ3) is 7.91. The van der Waals surface area contributed by atoms with Crippen LogP contribution < -0.4 is 0 Å². The van der Waals surface area contributed by atoms with Crippen LogP contribution in [0.25, 0.3) is 0 Å². The maximum absolute atomic E-state index is 10.2. The number of hydrogen-bond acceptors (Lipinski definition) is 1. The topological polar surface area (TPSA) is 17.1 Å². The zero-order valence-electron chi connectivity index (χ0n) is 5.99. The highest BCUT2D eigenvalue weighted by molar-refractivity contribution is 5.93. The van der Waals surface area contributed by atoms with Gasteiger partial charge in [-0.15, -0.1) is 6.42 Å². The first-order valence-electron chi connectivity index (χ1n) is 2.74. The summed E-state index contributed by atoms with van der Waals surface area (Å²) < 4.78 is 0. The lowest BCUT2D eigenvalue weighted by atomic mass is 10.4. The first-order valence-corrected chi connectivity index (χ1v) is 2.74. The smallest absolute Gasteiger partial charge is 0.203 e. The average molecular weight is 140 g/mol. The van der Waals surface area contributed by atoms with Gasteiger partial charge in [0.05, 0.1) is 0 Å². The monoisotopic (exact) mass is 140 g/mol. The third-order valence-corrected chi connectivity index (χ3v) is 0.561. The van der Waals surface area contributed by atoms with E-state index < -0.39 is 0 Å². The molecule has 0 unspecified atom stereocenters. The van der Waals surface area contributed by atoms with Crippen molar-refractivity contribution in [3.63, 3.8) is 0 Å². The Kier molecular flexibility index (Phi) is 4.89. The van der Waals surface area contributed by atoms with Gasteiger partial charge in [-0.2, -0.15) is 0 Å². The van der Waals surface area contributed by atoms with Crippen molar-refractivity contribution in [3.05, 3.63) is 0 Å². The molecule has 0 aromatic heterocycles. The van der Waals surface area contributed by atoms with Crippen LogP contribution in [0.5, 0.6) is 0 Å². The summed E-state index contributed by atoms with van der Waals surface area (Å²) in [5.74, 6) is 15.8. The molecular weight excluding hydrogens is 136 g/mol. The molecule has 0 amide bonds. The molecule has 0 aliphatic rings. The number of carbonyl (C=O) groups excluding carboxylic acids is 1. The zero-order chi connectivity index (χ0) is 8.53. The fourth-order valence-electron chi connectivity index (χ4n) is 0.249. The molecule has 0 radical (unpaired) electrons. The number of ketones is 1. The van der Waals surface area contributed by atoms with E-state index in [0.717, 1.165) is 0 Å². The van der Waals surface area contributed by atoms with E-state index in [1.54, 1.807) is 0 Å². The normalized spacial score (nSPS) is 4.73. The standard InChI is InChI=1S/C10H4O/c1-3-4-5-6-7-8-9-10(2)11/h1H,2H3. The molecule has 0 N–H and O–H groups in total. The molecule has 0 heterocycles. The van der Waals surface area contributed by atoms with Crippen molar-refractivity contribution in [1.82, 2.24) is 0 Å². The van der Waals surface area contributed by atoms with Crippen molar-refractivity contribution < 1.29 is 4.79 Å². The lowest BCUT2D eigenvalue weighted by Crippen LogP contribution is -1.78. The van der Waals surface area contributed by atoms with Gasteiger partial charge in [-0.3, -0.25) is 4.79 Å². The Morgan fingerprint density at radius 3 is 2.18 bits per heavy atom. The van der Waals surface area contributed by atoms with E-state index in [4.69, 9.17) is 6.42 Å². The van der Waals surface area contributed by atoms with Gasteiger partial charge in [0.2, 0.25) is 5.78 Å². The second-order valence-corrected chi connectivity index (χ2v) is 1.45. The molecule has 0 aliphatic heterocycles. The predicted molar refractivity (Wildman–Crippen MR) is 42.8 cm³/mol. The molecule has 0 rings (SSSR count). The summed E-state index contributed by atoms with van der Waals surface area (Å²) in [6, 6.07) is 0. The van der Waals surface area contributed by atoms with Crippen molar-refractivity contribution in [1.29, 1.82) is 0 Å². The molecule has 0 saturated carbocycles. The summed E-state index contributed by atoms with van der Waals surface area (Å²) in [5, 5.41) is 0. The van der Waals surface area contributed by atoms with Crippen LogP contribution in [-0.4, -0.2) is 5.78 Å². The quantitative estimate of drug-likeness (QED) is 0.347. The minimum atomic E-state index is -0.218. The minimum absolute atomic E-state index is 0.218. The van der Waals surface area contributed by atoms with Crippen LogP contribution in [0.3, 0.4) is 0 Å². The van der Waals surface area contributed by atoms with Gasteiger partial charge < -0.3 is 0 Å². The Morgan fingerprint density at radius 2 is 1.64 bits per heavy atom. The molecule has 1 heteroatoms. The van der Waals surface area contributed by atoms with Crippen LogP contribution in [0, 0.1) is 47.9 Å². The maximum atomic E-state index is 10.2. The second kappa shape index (κ2) is 6.04. The van der Waals surface area contributed by atoms with E-state index in [-0.39, 0.29) is 5.78 Å². The van der Waals surface area contributed by atoms with E-state index >= 15 is 0 Å². The van der Waals surface area contributed by atoms with Gasteiger partial charge >= 0.3 is 0 Å². The molecule has 0 atom stereocenters. The van der Waals surface area contributed by atoms with Crippen LogP contribution in [-0.2, 0) is 4.79 Å². The van der Waals surface area contributed by atoms with Crippen LogP contribution in [0.2, 0.25) is 0 Å². The molecule has 0 saturated heterocycles. The average Bonchev–Trinajstić information content (AvgIpc) is 1.96. The summed E-state index contributed by atoms with van der Waals surface area (Å²) in [6.07, 6.45) is 4.81. The highest BCUT2D eigenvalue weighted by Gasteiger charge is 1.74. The van der Waals surface area contributed by atoms with E-state index in [1.807, 2.05) is 0 Å². The molecule has 0 spiro atoms. The van der Waals surface area contributed by atoms with Crippen molar-refractivity contribution in [3.8, 4) is 47.9 Å². The molecule has 0 aromatic carbocycles. The lowest BCUT2D eigenvalue weighted by molar-refractivity contribution is -0.111. The Bertz CT molecular complexity index is 361. The molecule has 0 aliphatic carbocycles. The number of rotatable bonds is 0. The Labute approximate surface area is 66.2 Å². The van der Waals surface area contributed by atoms with Gasteiger partial charge in [0.25, 0.3) is 0 Å². The van der Waals surface area contributed by atoms with Gasteiger partial charge in [-0.05, 0) is 41.4 Å². The molecule has 0 aromatic rings. The number of carbonyl (C=O) groups is 1. The fraction of sp³-hybridized carbons (Fsp3) is 0.100. The van der Waals surface area contributed by atoms with Crippen molar-refractivity contribution in [2.45, 2.75) is 6.92 Å². The van der Waals surface area contributed by atoms with Gasteiger partial charge in [0.15, 0.2) is 0 Å². The number of hydrogen-bond donors (Lipinski definition) is 0. The SMILES string of the molecule is C#CC#CC#CC#CC(C)=O. The first-order chi connectivity index (χ1) is 5.27. The minimum Gasteiger partial charge on any atom is -0.285 e. The van der Waals surface area contributed by atoms with Crippen LogP contribution >= 0.6 is 0 Å². The summed E-state index contributed by atoms with van der Waals surface area (Å²) in [5.41, 5.74) is 0. The first kappa shape index (κ1) is 8.91. The van der Waals surface area contributed by atoms with Crippen molar-refractivity contribution in [2.24, 2.45) is 0 Å². The molecule has 0 fully saturated rings. The maximum Gasteiger partial charge on any atom is 0.203 e. The van der Waals surface area contributed by atoms with E-state index in [0.29, 0.717) is 0 Å². The Hall–Kier alpha value is -2.09. The van der Waals surface area contributed by atoms with Crippen molar-refractivity contribution in [2.75, 3.05) is 0 Å². The summed E-state index contributed by atoms with van der Waals surface area (Å²) in [4.78, 5) is 10.2. The third-order valence-electron chi connectivity index (χ3n) is 0.561. The Balaban J connectivity index is 4.08. The van der Waals surface area contributed by atoms with Crippen LogP contribution in [0.1, 0.15) is 6.92 Å². The van der Waals surface area contributed by atoms with Crippen LogP contribution in [0.15, 0.2) is 0 Å². The molecule has 1 nitrogen and oxygen atoms in total. The fourth-order valence-corrected chi connectivity index (χ4v) is 0.249. The number of Topliss-reactive ketones (excluding diaryl/α,β-unsaturated/α-hetero) is 1.